The maximum absolute atomic E-state index is 6.04. The number of hydrogen-bond acceptors (Lipinski definition) is 3. The maximum Gasteiger partial charge on any atom is 0.0926 e. The summed E-state index contributed by atoms with van der Waals surface area (Å²) < 4.78 is 5.32. The third kappa shape index (κ3) is 2.17. The molecule has 16 heavy (non-hydrogen) atoms. The van der Waals surface area contributed by atoms with Crippen molar-refractivity contribution < 1.29 is 4.74 Å². The molecule has 0 saturated carbocycles. The lowest BCUT2D eigenvalue weighted by Crippen LogP contribution is -2.02. The van der Waals surface area contributed by atoms with Gasteiger partial charge in [0.2, 0.25) is 0 Å². The fourth-order valence-electron chi connectivity index (χ4n) is 1.78. The van der Waals surface area contributed by atoms with Gasteiger partial charge in [-0.15, -0.1) is 0 Å². The van der Waals surface area contributed by atoms with Gasteiger partial charge in [0.25, 0.3) is 0 Å². The van der Waals surface area contributed by atoms with Crippen LogP contribution in [-0.4, -0.2) is 16.8 Å². The molecule has 1 aliphatic carbocycles. The van der Waals surface area contributed by atoms with Crippen molar-refractivity contribution in [1.29, 1.82) is 0 Å². The third-order valence-corrected chi connectivity index (χ3v) is 2.69. The molecule has 1 aliphatic rings. The number of aromatic nitrogens is 2. The molecule has 1 unspecified atom stereocenters. The Kier molecular flexibility index (Phi) is 3.41. The first-order valence-electron chi connectivity index (χ1n) is 5.56. The summed E-state index contributed by atoms with van der Waals surface area (Å²) in [6.07, 6.45) is 9.28. The SMILES string of the molecule is CCOCc1[nH]nc(C2C=CC=CC2)c1N. The summed E-state index contributed by atoms with van der Waals surface area (Å²) in [6.45, 7) is 3.14. The second kappa shape index (κ2) is 4.99. The van der Waals surface area contributed by atoms with E-state index < -0.39 is 0 Å². The number of ether oxygens (including phenoxy) is 1. The number of nitrogens with two attached hydrogens (primary N) is 1. The molecule has 86 valence electrons. The predicted octanol–water partition coefficient (Wildman–Crippen LogP) is 2.13. The molecule has 0 fully saturated rings. The maximum atomic E-state index is 6.04. The summed E-state index contributed by atoms with van der Waals surface area (Å²) in [4.78, 5) is 0. The normalized spacial score (nSPS) is 19.2. The summed E-state index contributed by atoms with van der Waals surface area (Å²) in [5.74, 6) is 0.289. The van der Waals surface area contributed by atoms with Gasteiger partial charge in [-0.05, 0) is 13.3 Å². The van der Waals surface area contributed by atoms with E-state index in [1.54, 1.807) is 0 Å². The fraction of sp³-hybridized carbons (Fsp3) is 0.417. The Bertz CT molecular complexity index is 406. The van der Waals surface area contributed by atoms with E-state index in [-0.39, 0.29) is 5.92 Å². The van der Waals surface area contributed by atoms with E-state index in [0.717, 1.165) is 23.5 Å². The molecule has 3 N–H and O–H groups in total. The third-order valence-electron chi connectivity index (χ3n) is 2.69. The highest BCUT2D eigenvalue weighted by atomic mass is 16.5. The lowest BCUT2D eigenvalue weighted by Gasteiger charge is -2.10. The zero-order valence-corrected chi connectivity index (χ0v) is 9.44. The van der Waals surface area contributed by atoms with E-state index in [4.69, 9.17) is 10.5 Å². The van der Waals surface area contributed by atoms with Crippen LogP contribution in [0.25, 0.3) is 0 Å². The Labute approximate surface area is 95.2 Å². The number of allylic oxidation sites excluding steroid dienone is 4. The summed E-state index contributed by atoms with van der Waals surface area (Å²) in [5.41, 5.74) is 8.58. The topological polar surface area (TPSA) is 63.9 Å². The Balaban J connectivity index is 2.13. The zero-order chi connectivity index (χ0) is 11.4. The Morgan fingerprint density at radius 1 is 1.56 bits per heavy atom. The summed E-state index contributed by atoms with van der Waals surface area (Å²) in [5, 5.41) is 7.23. The molecule has 4 heteroatoms. The minimum atomic E-state index is 0.289. The molecule has 0 saturated heterocycles. The Morgan fingerprint density at radius 2 is 2.44 bits per heavy atom. The van der Waals surface area contributed by atoms with Crippen LogP contribution in [0.2, 0.25) is 0 Å². The van der Waals surface area contributed by atoms with Crippen molar-refractivity contribution in [3.63, 3.8) is 0 Å². The van der Waals surface area contributed by atoms with E-state index in [1.807, 2.05) is 19.1 Å². The molecule has 1 heterocycles. The Morgan fingerprint density at radius 3 is 3.12 bits per heavy atom. The van der Waals surface area contributed by atoms with Crippen molar-refractivity contribution in [2.24, 2.45) is 0 Å². The van der Waals surface area contributed by atoms with Gasteiger partial charge in [0, 0.05) is 12.5 Å². The average molecular weight is 219 g/mol. The second-order valence-electron chi connectivity index (χ2n) is 3.79. The largest absolute Gasteiger partial charge is 0.396 e. The molecule has 0 aromatic carbocycles. The predicted molar refractivity (Wildman–Crippen MR) is 64.0 cm³/mol. The number of hydrogen-bond donors (Lipinski definition) is 2. The Hall–Kier alpha value is -1.55. The van der Waals surface area contributed by atoms with Crippen LogP contribution in [0.3, 0.4) is 0 Å². The smallest absolute Gasteiger partial charge is 0.0926 e. The first kappa shape index (κ1) is 11.0. The van der Waals surface area contributed by atoms with Crippen LogP contribution in [0.5, 0.6) is 0 Å². The zero-order valence-electron chi connectivity index (χ0n) is 9.44. The lowest BCUT2D eigenvalue weighted by molar-refractivity contribution is 0.131. The molecule has 4 nitrogen and oxygen atoms in total. The second-order valence-corrected chi connectivity index (χ2v) is 3.79. The number of rotatable bonds is 4. The van der Waals surface area contributed by atoms with Gasteiger partial charge in [0.05, 0.1) is 23.7 Å². The number of aromatic amines is 1. The van der Waals surface area contributed by atoms with Crippen molar-refractivity contribution in [3.8, 4) is 0 Å². The molecule has 0 radical (unpaired) electrons. The quantitative estimate of drug-likeness (QED) is 0.815. The molecule has 0 aliphatic heterocycles. The molecule has 0 spiro atoms. The number of anilines is 1. The number of nitrogens with one attached hydrogen (secondary N) is 1. The van der Waals surface area contributed by atoms with Gasteiger partial charge in [-0.3, -0.25) is 5.10 Å². The van der Waals surface area contributed by atoms with E-state index in [1.165, 1.54) is 0 Å². The number of H-pyrrole nitrogens is 1. The van der Waals surface area contributed by atoms with Crippen LogP contribution < -0.4 is 5.73 Å². The number of nitrogen functional groups attached to an aromatic ring is 1. The first-order chi connectivity index (χ1) is 7.83. The van der Waals surface area contributed by atoms with Crippen molar-refractivity contribution in [2.45, 2.75) is 25.9 Å². The van der Waals surface area contributed by atoms with Crippen LogP contribution in [0.4, 0.5) is 5.69 Å². The lowest BCUT2D eigenvalue weighted by atomic mass is 9.96. The van der Waals surface area contributed by atoms with Gasteiger partial charge in [-0.2, -0.15) is 5.10 Å². The van der Waals surface area contributed by atoms with E-state index >= 15 is 0 Å². The number of nitrogens with zero attached hydrogens (tertiary/aromatic N) is 1. The van der Waals surface area contributed by atoms with Gasteiger partial charge < -0.3 is 10.5 Å². The van der Waals surface area contributed by atoms with E-state index in [0.29, 0.717) is 13.2 Å². The summed E-state index contributed by atoms with van der Waals surface area (Å²) in [7, 11) is 0. The highest BCUT2D eigenvalue weighted by molar-refractivity contribution is 5.50. The molecular formula is C12H17N3O. The molecule has 1 aromatic heterocycles. The molecule has 1 atom stereocenters. The van der Waals surface area contributed by atoms with Crippen LogP contribution in [-0.2, 0) is 11.3 Å². The molecule has 0 amide bonds. The minimum absolute atomic E-state index is 0.289. The molecular weight excluding hydrogens is 202 g/mol. The fourth-order valence-corrected chi connectivity index (χ4v) is 1.78. The van der Waals surface area contributed by atoms with Gasteiger partial charge >= 0.3 is 0 Å². The van der Waals surface area contributed by atoms with Crippen molar-refractivity contribution in [1.82, 2.24) is 10.2 Å². The van der Waals surface area contributed by atoms with Crippen LogP contribution >= 0.6 is 0 Å². The van der Waals surface area contributed by atoms with Crippen molar-refractivity contribution in [2.75, 3.05) is 12.3 Å². The van der Waals surface area contributed by atoms with Crippen molar-refractivity contribution in [3.05, 3.63) is 35.7 Å². The highest BCUT2D eigenvalue weighted by Gasteiger charge is 2.17. The van der Waals surface area contributed by atoms with Gasteiger partial charge in [-0.25, -0.2) is 0 Å². The average Bonchev–Trinajstić information content (AvgIpc) is 2.69. The monoisotopic (exact) mass is 219 g/mol. The van der Waals surface area contributed by atoms with Crippen molar-refractivity contribution >= 4 is 5.69 Å². The van der Waals surface area contributed by atoms with Gasteiger partial charge in [-0.1, -0.05) is 24.3 Å². The van der Waals surface area contributed by atoms with Crippen LogP contribution in [0.1, 0.15) is 30.7 Å². The summed E-state index contributed by atoms with van der Waals surface area (Å²) in [6, 6.07) is 0. The van der Waals surface area contributed by atoms with Crippen LogP contribution in [0, 0.1) is 0 Å². The van der Waals surface area contributed by atoms with Gasteiger partial charge in [0.15, 0.2) is 0 Å². The minimum Gasteiger partial charge on any atom is -0.396 e. The molecule has 0 bridgehead atoms. The standard InChI is InChI=1S/C12H17N3O/c1-2-16-8-10-11(13)12(15-14-10)9-6-4-3-5-7-9/h3-6,9H,2,7-8,13H2,1H3,(H,14,15). The van der Waals surface area contributed by atoms with E-state index in [2.05, 4.69) is 22.3 Å². The molecule has 1 aromatic rings. The molecule has 2 rings (SSSR count). The van der Waals surface area contributed by atoms with Crippen LogP contribution in [0.15, 0.2) is 24.3 Å². The first-order valence-corrected chi connectivity index (χ1v) is 5.56. The summed E-state index contributed by atoms with van der Waals surface area (Å²) >= 11 is 0. The van der Waals surface area contributed by atoms with E-state index in [9.17, 15) is 0 Å². The van der Waals surface area contributed by atoms with Gasteiger partial charge in [0.1, 0.15) is 0 Å². The highest BCUT2D eigenvalue weighted by Crippen LogP contribution is 2.29.